The molecule has 0 N–H and O–H groups in total. The smallest absolute Gasteiger partial charge is 0.323 e. The fourth-order valence-electron chi connectivity index (χ4n) is 2.43. The molecule has 0 aliphatic heterocycles. The predicted octanol–water partition coefficient (Wildman–Crippen LogP) is 5.08. The summed E-state index contributed by atoms with van der Waals surface area (Å²) in [5.41, 5.74) is 1.80. The average Bonchev–Trinajstić information content (AvgIpc) is 2.59. The summed E-state index contributed by atoms with van der Waals surface area (Å²) in [6.45, 7) is 0. The van der Waals surface area contributed by atoms with Gasteiger partial charge in [0.05, 0.1) is 0 Å². The monoisotopic (exact) mass is 322 g/mol. The first-order valence-electron chi connectivity index (χ1n) is 7.31. The lowest BCUT2D eigenvalue weighted by atomic mass is 9.91. The fourth-order valence-corrected chi connectivity index (χ4v) is 2.56. The normalized spacial score (nSPS) is 10.5. The Bertz CT molecular complexity index is 728. The number of halogens is 1. The third-order valence-corrected chi connectivity index (χ3v) is 3.79. The van der Waals surface area contributed by atoms with E-state index in [4.69, 9.17) is 16.3 Å². The summed E-state index contributed by atoms with van der Waals surface area (Å²) in [5.74, 6) is -0.297. The summed E-state index contributed by atoms with van der Waals surface area (Å²) in [7, 11) is 0. The molecular formula is C20H15ClO2. The standard InChI is InChI=1S/C20H15ClO2/c21-17-11-13-18(14-12-17)23-20(22)19(15-7-3-1-4-8-15)16-9-5-2-6-10-16/h1-14,19H. The molecule has 0 aliphatic carbocycles. The summed E-state index contributed by atoms with van der Waals surface area (Å²) >= 11 is 5.86. The molecule has 0 aliphatic rings. The van der Waals surface area contributed by atoms with Gasteiger partial charge in [-0.2, -0.15) is 0 Å². The highest BCUT2D eigenvalue weighted by molar-refractivity contribution is 6.30. The van der Waals surface area contributed by atoms with Crippen molar-refractivity contribution in [3.8, 4) is 5.75 Å². The minimum Gasteiger partial charge on any atom is -0.426 e. The molecule has 0 unspecified atom stereocenters. The number of ether oxygens (including phenoxy) is 1. The summed E-state index contributed by atoms with van der Waals surface area (Å²) in [6, 6.07) is 26.0. The Kier molecular flexibility index (Phi) is 4.74. The number of carbonyl (C=O) groups is 1. The van der Waals surface area contributed by atoms with Crippen molar-refractivity contribution in [2.45, 2.75) is 5.92 Å². The number of benzene rings is 3. The van der Waals surface area contributed by atoms with Crippen molar-refractivity contribution in [2.75, 3.05) is 0 Å². The Balaban J connectivity index is 1.92. The van der Waals surface area contributed by atoms with E-state index in [1.165, 1.54) is 0 Å². The number of hydrogen-bond donors (Lipinski definition) is 0. The molecule has 0 bridgehead atoms. The van der Waals surface area contributed by atoms with Gasteiger partial charge in [-0.15, -0.1) is 0 Å². The highest BCUT2D eigenvalue weighted by atomic mass is 35.5. The van der Waals surface area contributed by atoms with Crippen LogP contribution in [-0.2, 0) is 4.79 Å². The molecule has 23 heavy (non-hydrogen) atoms. The zero-order chi connectivity index (χ0) is 16.1. The van der Waals surface area contributed by atoms with Crippen molar-refractivity contribution in [1.82, 2.24) is 0 Å². The molecule has 114 valence electrons. The molecular weight excluding hydrogens is 308 g/mol. The third kappa shape index (κ3) is 3.79. The Morgan fingerprint density at radius 3 is 1.70 bits per heavy atom. The Hall–Kier alpha value is -2.58. The average molecular weight is 323 g/mol. The molecule has 0 saturated carbocycles. The maximum atomic E-state index is 12.7. The first-order chi connectivity index (χ1) is 11.2. The van der Waals surface area contributed by atoms with Gasteiger partial charge in [-0.1, -0.05) is 72.3 Å². The largest absolute Gasteiger partial charge is 0.426 e. The zero-order valence-electron chi connectivity index (χ0n) is 12.4. The number of carbonyl (C=O) groups excluding carboxylic acids is 1. The predicted molar refractivity (Wildman–Crippen MR) is 91.8 cm³/mol. The van der Waals surface area contributed by atoms with Gasteiger partial charge in [0, 0.05) is 5.02 Å². The van der Waals surface area contributed by atoms with E-state index in [0.29, 0.717) is 10.8 Å². The van der Waals surface area contributed by atoms with Crippen molar-refractivity contribution in [3.05, 3.63) is 101 Å². The van der Waals surface area contributed by atoms with E-state index in [9.17, 15) is 4.79 Å². The summed E-state index contributed by atoms with van der Waals surface area (Å²) in [5, 5.41) is 0.604. The number of hydrogen-bond acceptors (Lipinski definition) is 2. The maximum Gasteiger partial charge on any atom is 0.323 e. The molecule has 3 rings (SSSR count). The van der Waals surface area contributed by atoms with Crippen molar-refractivity contribution in [2.24, 2.45) is 0 Å². The lowest BCUT2D eigenvalue weighted by molar-refractivity contribution is -0.135. The SMILES string of the molecule is O=C(Oc1ccc(Cl)cc1)C(c1ccccc1)c1ccccc1. The van der Waals surface area contributed by atoms with Crippen LogP contribution in [0.25, 0.3) is 0 Å². The summed E-state index contributed by atoms with van der Waals surface area (Å²) < 4.78 is 5.54. The molecule has 0 radical (unpaired) electrons. The second-order valence-corrected chi connectivity index (χ2v) is 5.57. The van der Waals surface area contributed by atoms with Crippen LogP contribution >= 0.6 is 11.6 Å². The molecule has 3 heteroatoms. The molecule has 0 atom stereocenters. The minimum atomic E-state index is -0.465. The van der Waals surface area contributed by atoms with E-state index in [-0.39, 0.29) is 5.97 Å². The maximum absolute atomic E-state index is 12.7. The van der Waals surface area contributed by atoms with Crippen LogP contribution < -0.4 is 4.74 Å². The number of rotatable bonds is 4. The van der Waals surface area contributed by atoms with Crippen LogP contribution in [0, 0.1) is 0 Å². The van der Waals surface area contributed by atoms with Crippen LogP contribution in [0.3, 0.4) is 0 Å². The van der Waals surface area contributed by atoms with Crippen LogP contribution in [0.1, 0.15) is 17.0 Å². The van der Waals surface area contributed by atoms with E-state index >= 15 is 0 Å². The molecule has 0 heterocycles. The quantitative estimate of drug-likeness (QED) is 0.494. The third-order valence-electron chi connectivity index (χ3n) is 3.53. The molecule has 0 saturated heterocycles. The molecule has 3 aromatic carbocycles. The van der Waals surface area contributed by atoms with Crippen LogP contribution in [0.15, 0.2) is 84.9 Å². The first kappa shape index (κ1) is 15.3. The van der Waals surface area contributed by atoms with E-state index in [1.807, 2.05) is 60.7 Å². The molecule has 0 aromatic heterocycles. The van der Waals surface area contributed by atoms with Gasteiger partial charge in [-0.05, 0) is 35.4 Å². The molecule has 0 spiro atoms. The van der Waals surface area contributed by atoms with Crippen molar-refractivity contribution >= 4 is 17.6 Å². The van der Waals surface area contributed by atoms with Gasteiger partial charge >= 0.3 is 5.97 Å². The molecule has 0 amide bonds. The van der Waals surface area contributed by atoms with Gasteiger partial charge in [0.15, 0.2) is 0 Å². The van der Waals surface area contributed by atoms with Gasteiger partial charge in [0.25, 0.3) is 0 Å². The van der Waals surface area contributed by atoms with Gasteiger partial charge in [-0.25, -0.2) is 0 Å². The summed E-state index contributed by atoms with van der Waals surface area (Å²) in [4.78, 5) is 12.7. The topological polar surface area (TPSA) is 26.3 Å². The minimum absolute atomic E-state index is 0.315. The van der Waals surface area contributed by atoms with Crippen molar-refractivity contribution in [1.29, 1.82) is 0 Å². The van der Waals surface area contributed by atoms with E-state index in [1.54, 1.807) is 24.3 Å². The van der Waals surface area contributed by atoms with Crippen LogP contribution in [-0.4, -0.2) is 5.97 Å². The van der Waals surface area contributed by atoms with E-state index in [0.717, 1.165) is 11.1 Å². The van der Waals surface area contributed by atoms with Crippen LogP contribution in [0.5, 0.6) is 5.75 Å². The van der Waals surface area contributed by atoms with E-state index in [2.05, 4.69) is 0 Å². The molecule has 0 fully saturated rings. The Morgan fingerprint density at radius 1 is 0.739 bits per heavy atom. The Morgan fingerprint density at radius 2 is 1.22 bits per heavy atom. The van der Waals surface area contributed by atoms with Crippen molar-refractivity contribution in [3.63, 3.8) is 0 Å². The second-order valence-electron chi connectivity index (χ2n) is 5.13. The first-order valence-corrected chi connectivity index (χ1v) is 7.69. The molecule has 3 aromatic rings. The lowest BCUT2D eigenvalue weighted by Crippen LogP contribution is -2.20. The lowest BCUT2D eigenvalue weighted by Gasteiger charge is -2.17. The van der Waals surface area contributed by atoms with Crippen LogP contribution in [0.4, 0.5) is 0 Å². The van der Waals surface area contributed by atoms with Gasteiger partial charge in [0.2, 0.25) is 0 Å². The van der Waals surface area contributed by atoms with Crippen molar-refractivity contribution < 1.29 is 9.53 Å². The highest BCUT2D eigenvalue weighted by Gasteiger charge is 2.24. The second kappa shape index (κ2) is 7.12. The number of esters is 1. The fraction of sp³-hybridized carbons (Fsp3) is 0.0500. The summed E-state index contributed by atoms with van der Waals surface area (Å²) in [6.07, 6.45) is 0. The zero-order valence-corrected chi connectivity index (χ0v) is 13.1. The molecule has 2 nitrogen and oxygen atoms in total. The van der Waals surface area contributed by atoms with Crippen LogP contribution in [0.2, 0.25) is 5.02 Å². The Labute approximate surface area is 140 Å². The highest BCUT2D eigenvalue weighted by Crippen LogP contribution is 2.27. The van der Waals surface area contributed by atoms with Gasteiger partial charge in [-0.3, -0.25) is 4.79 Å². The van der Waals surface area contributed by atoms with E-state index < -0.39 is 5.92 Å². The van der Waals surface area contributed by atoms with Gasteiger partial charge < -0.3 is 4.74 Å². The van der Waals surface area contributed by atoms with Gasteiger partial charge in [0.1, 0.15) is 11.7 Å².